The van der Waals surface area contributed by atoms with Crippen molar-refractivity contribution < 1.29 is 9.53 Å². The second-order valence-corrected chi connectivity index (χ2v) is 7.63. The Balaban J connectivity index is 0.00000450. The number of carbonyl (C=O) groups excluding carboxylic acids is 1. The molecule has 1 aliphatic rings. The molecule has 3 N–H and O–H groups in total. The van der Waals surface area contributed by atoms with E-state index >= 15 is 0 Å². The van der Waals surface area contributed by atoms with Gasteiger partial charge < -0.3 is 20.7 Å². The number of hydrogen-bond acceptors (Lipinski definition) is 5. The minimum atomic E-state index is -0.0712. The summed E-state index contributed by atoms with van der Waals surface area (Å²) in [6.07, 6.45) is 2.08. The molecule has 0 saturated carbocycles. The van der Waals surface area contributed by atoms with Crippen molar-refractivity contribution in [3.8, 4) is 0 Å². The second-order valence-electron chi connectivity index (χ2n) is 7.63. The van der Waals surface area contributed by atoms with Crippen LogP contribution in [0, 0.1) is 12.8 Å². The molecule has 1 aliphatic heterocycles. The summed E-state index contributed by atoms with van der Waals surface area (Å²) in [6.45, 7) is 14.0. The zero-order valence-electron chi connectivity index (χ0n) is 18.6. The molecule has 0 aromatic carbocycles. The molecule has 8 nitrogen and oxygen atoms in total. The number of nitrogens with one attached hydrogen (secondary N) is 3. The van der Waals surface area contributed by atoms with Gasteiger partial charge in [-0.15, -0.1) is 24.0 Å². The topological polar surface area (TPSA) is 90.9 Å². The fourth-order valence-electron chi connectivity index (χ4n) is 3.23. The Morgan fingerprint density at radius 1 is 1.27 bits per heavy atom. The number of guanidine groups is 1. The number of halogens is 1. The predicted molar refractivity (Wildman–Crippen MR) is 133 cm³/mol. The fraction of sp³-hybridized carbons (Fsp3) is 0.667. The van der Waals surface area contributed by atoms with Crippen molar-refractivity contribution in [2.45, 2.75) is 40.2 Å². The molecule has 170 valence electrons. The third kappa shape index (κ3) is 9.57. The molecule has 0 aliphatic carbocycles. The third-order valence-corrected chi connectivity index (χ3v) is 4.89. The largest absolute Gasteiger partial charge is 0.379 e. The van der Waals surface area contributed by atoms with Crippen LogP contribution in [-0.4, -0.2) is 73.7 Å². The van der Waals surface area contributed by atoms with E-state index in [-0.39, 0.29) is 29.9 Å². The first-order valence-corrected chi connectivity index (χ1v) is 10.6. The molecule has 2 rings (SSSR count). The second kappa shape index (κ2) is 14.5. The average Bonchev–Trinajstić information content (AvgIpc) is 2.70. The lowest BCUT2D eigenvalue weighted by molar-refractivity contribution is -0.116. The van der Waals surface area contributed by atoms with Crippen LogP contribution in [0.4, 0.5) is 5.82 Å². The molecule has 1 aromatic heterocycles. The lowest BCUT2D eigenvalue weighted by Crippen LogP contribution is -2.48. The Bertz CT molecular complexity index is 647. The van der Waals surface area contributed by atoms with Gasteiger partial charge in [0, 0.05) is 44.8 Å². The van der Waals surface area contributed by atoms with E-state index in [1.165, 1.54) is 0 Å². The molecule has 30 heavy (non-hydrogen) atoms. The Kier molecular flexibility index (Phi) is 12.9. The standard InChI is InChI=1S/C21H36N6O2.HI/c1-5-22-21(25-15-18(16(2)3)27-10-12-29-13-11-27)23-9-8-20(28)26-19-7-6-17(4)14-24-19;/h6-7,14,16,18H,5,8-13,15H2,1-4H3,(H2,22,23,25)(H,24,26,28);1H. The van der Waals surface area contributed by atoms with Gasteiger partial charge in [0.15, 0.2) is 5.96 Å². The number of morpholine rings is 1. The van der Waals surface area contributed by atoms with Crippen LogP contribution < -0.4 is 16.0 Å². The van der Waals surface area contributed by atoms with Gasteiger partial charge in [0.2, 0.25) is 5.91 Å². The van der Waals surface area contributed by atoms with E-state index in [0.29, 0.717) is 37.3 Å². The van der Waals surface area contributed by atoms with Crippen LogP contribution >= 0.6 is 24.0 Å². The molecule has 1 amide bonds. The highest BCUT2D eigenvalue weighted by atomic mass is 127. The summed E-state index contributed by atoms with van der Waals surface area (Å²) in [5, 5.41) is 9.33. The van der Waals surface area contributed by atoms with Crippen molar-refractivity contribution in [1.29, 1.82) is 0 Å². The van der Waals surface area contributed by atoms with Crippen LogP contribution in [0.1, 0.15) is 32.8 Å². The highest BCUT2D eigenvalue weighted by molar-refractivity contribution is 14.0. The van der Waals surface area contributed by atoms with E-state index in [2.05, 4.69) is 39.7 Å². The molecular formula is C21H37IN6O2. The number of anilines is 1. The molecule has 0 spiro atoms. The van der Waals surface area contributed by atoms with E-state index < -0.39 is 0 Å². The average molecular weight is 532 g/mol. The molecule has 1 saturated heterocycles. The summed E-state index contributed by atoms with van der Waals surface area (Å²) in [5.41, 5.74) is 1.06. The lowest BCUT2D eigenvalue weighted by atomic mass is 10.0. The van der Waals surface area contributed by atoms with Gasteiger partial charge in [-0.2, -0.15) is 0 Å². The number of ether oxygens (including phenoxy) is 1. The molecule has 1 atom stereocenters. The first-order valence-electron chi connectivity index (χ1n) is 10.6. The van der Waals surface area contributed by atoms with Gasteiger partial charge in [0.05, 0.1) is 19.8 Å². The lowest BCUT2D eigenvalue weighted by Gasteiger charge is -2.36. The van der Waals surface area contributed by atoms with Crippen LogP contribution in [0.15, 0.2) is 23.3 Å². The molecule has 1 unspecified atom stereocenters. The minimum Gasteiger partial charge on any atom is -0.379 e. The molecule has 0 bridgehead atoms. The molecule has 2 heterocycles. The molecule has 9 heteroatoms. The van der Waals surface area contributed by atoms with E-state index in [0.717, 1.165) is 44.4 Å². The van der Waals surface area contributed by atoms with Crippen molar-refractivity contribution in [2.75, 3.05) is 51.3 Å². The quantitative estimate of drug-likeness (QED) is 0.257. The summed E-state index contributed by atoms with van der Waals surface area (Å²) < 4.78 is 5.47. The van der Waals surface area contributed by atoms with Gasteiger partial charge in [0.1, 0.15) is 5.82 Å². The van der Waals surface area contributed by atoms with Crippen molar-refractivity contribution in [2.24, 2.45) is 10.9 Å². The van der Waals surface area contributed by atoms with Crippen molar-refractivity contribution in [3.63, 3.8) is 0 Å². The van der Waals surface area contributed by atoms with Gasteiger partial charge in [-0.3, -0.25) is 14.7 Å². The molecular weight excluding hydrogens is 495 g/mol. The van der Waals surface area contributed by atoms with Gasteiger partial charge in [-0.25, -0.2) is 4.98 Å². The van der Waals surface area contributed by atoms with E-state index in [9.17, 15) is 4.79 Å². The SMILES string of the molecule is CCNC(=NCC(C(C)C)N1CCOCC1)NCCC(=O)Nc1ccc(C)cn1.I. The fourth-order valence-corrected chi connectivity index (χ4v) is 3.23. The summed E-state index contributed by atoms with van der Waals surface area (Å²) in [6, 6.07) is 4.12. The van der Waals surface area contributed by atoms with Crippen LogP contribution in [0.3, 0.4) is 0 Å². The van der Waals surface area contributed by atoms with E-state index in [1.807, 2.05) is 26.0 Å². The summed E-state index contributed by atoms with van der Waals surface area (Å²) in [7, 11) is 0. The minimum absolute atomic E-state index is 0. The number of aryl methyl sites for hydroxylation is 1. The number of rotatable bonds is 9. The Morgan fingerprint density at radius 2 is 2.00 bits per heavy atom. The van der Waals surface area contributed by atoms with E-state index in [4.69, 9.17) is 9.73 Å². The number of pyridine rings is 1. The summed E-state index contributed by atoms with van der Waals surface area (Å²) in [4.78, 5) is 23.6. The number of amides is 1. The number of nitrogens with zero attached hydrogens (tertiary/aromatic N) is 3. The van der Waals surface area contributed by atoms with Gasteiger partial charge >= 0.3 is 0 Å². The highest BCUT2D eigenvalue weighted by Crippen LogP contribution is 2.13. The summed E-state index contributed by atoms with van der Waals surface area (Å²) in [5.74, 6) is 1.75. The van der Waals surface area contributed by atoms with Crippen LogP contribution in [-0.2, 0) is 9.53 Å². The first kappa shape index (κ1) is 26.6. The molecule has 1 aromatic rings. The maximum atomic E-state index is 12.1. The van der Waals surface area contributed by atoms with Crippen molar-refractivity contribution in [1.82, 2.24) is 20.5 Å². The molecule has 1 fully saturated rings. The monoisotopic (exact) mass is 532 g/mol. The van der Waals surface area contributed by atoms with Crippen molar-refractivity contribution in [3.05, 3.63) is 23.9 Å². The maximum Gasteiger partial charge on any atom is 0.227 e. The summed E-state index contributed by atoms with van der Waals surface area (Å²) >= 11 is 0. The van der Waals surface area contributed by atoms with Gasteiger partial charge in [-0.05, 0) is 31.4 Å². The van der Waals surface area contributed by atoms with Gasteiger partial charge in [0.25, 0.3) is 0 Å². The highest BCUT2D eigenvalue weighted by Gasteiger charge is 2.23. The number of aliphatic imine (C=N–C) groups is 1. The number of carbonyl (C=O) groups is 1. The van der Waals surface area contributed by atoms with Crippen molar-refractivity contribution >= 4 is 41.7 Å². The number of hydrogen-bond donors (Lipinski definition) is 3. The smallest absolute Gasteiger partial charge is 0.227 e. The van der Waals surface area contributed by atoms with E-state index in [1.54, 1.807) is 6.20 Å². The number of aromatic nitrogens is 1. The zero-order chi connectivity index (χ0) is 21.1. The molecule has 0 radical (unpaired) electrons. The van der Waals surface area contributed by atoms with Crippen LogP contribution in [0.25, 0.3) is 0 Å². The first-order chi connectivity index (χ1) is 14.0. The maximum absolute atomic E-state index is 12.1. The van der Waals surface area contributed by atoms with Gasteiger partial charge in [-0.1, -0.05) is 19.9 Å². The Labute approximate surface area is 197 Å². The Morgan fingerprint density at radius 3 is 2.60 bits per heavy atom. The predicted octanol–water partition coefficient (Wildman–Crippen LogP) is 2.25. The Hall–Kier alpha value is -1.46. The zero-order valence-corrected chi connectivity index (χ0v) is 20.9. The normalized spacial score (nSPS) is 16.0. The van der Waals surface area contributed by atoms with Crippen LogP contribution in [0.5, 0.6) is 0 Å². The van der Waals surface area contributed by atoms with Crippen LogP contribution in [0.2, 0.25) is 0 Å². The third-order valence-electron chi connectivity index (χ3n) is 4.89.